The van der Waals surface area contributed by atoms with Gasteiger partial charge in [-0.1, -0.05) is 37.0 Å². The molecule has 2 heterocycles. The fourth-order valence-corrected chi connectivity index (χ4v) is 5.32. The van der Waals surface area contributed by atoms with Crippen molar-refractivity contribution < 1.29 is 14.3 Å². The van der Waals surface area contributed by atoms with Crippen LogP contribution in [0.15, 0.2) is 29.6 Å². The molecule has 7 heteroatoms. The van der Waals surface area contributed by atoms with Crippen LogP contribution in [0.4, 0.5) is 0 Å². The highest BCUT2D eigenvalue weighted by atomic mass is 32.1. The van der Waals surface area contributed by atoms with Gasteiger partial charge in [0, 0.05) is 30.6 Å². The second kappa shape index (κ2) is 10.6. The van der Waals surface area contributed by atoms with Crippen molar-refractivity contribution in [2.24, 2.45) is 0 Å². The molecule has 0 bridgehead atoms. The van der Waals surface area contributed by atoms with Gasteiger partial charge in [0.2, 0.25) is 5.91 Å². The number of benzene rings is 1. The molecule has 2 aromatic rings. The number of amides is 1. The molecule has 31 heavy (non-hydrogen) atoms. The molecule has 0 spiro atoms. The molecule has 1 aromatic heterocycles. The van der Waals surface area contributed by atoms with E-state index in [1.54, 1.807) is 11.3 Å². The fraction of sp³-hybridized carbons (Fsp3) is 0.583. The zero-order chi connectivity index (χ0) is 21.5. The summed E-state index contributed by atoms with van der Waals surface area (Å²) in [6.07, 6.45) is 6.41. The number of ether oxygens (including phenoxy) is 2. The second-order valence-corrected chi connectivity index (χ2v) is 9.61. The Morgan fingerprint density at radius 1 is 1.19 bits per heavy atom. The lowest BCUT2D eigenvalue weighted by Gasteiger charge is -2.48. The number of nitrogens with zero attached hydrogens (tertiary/aromatic N) is 2. The van der Waals surface area contributed by atoms with Gasteiger partial charge in [0.25, 0.3) is 0 Å². The van der Waals surface area contributed by atoms with Crippen LogP contribution in [0.2, 0.25) is 0 Å². The van der Waals surface area contributed by atoms with E-state index in [1.807, 2.05) is 29.6 Å². The third kappa shape index (κ3) is 6.05. The maximum Gasteiger partial charge on any atom is 0.226 e. The Kier molecular flexibility index (Phi) is 7.58. The molecule has 168 valence electrons. The maximum atomic E-state index is 12.7. The third-order valence-electron chi connectivity index (χ3n) is 6.41. The zero-order valence-electron chi connectivity index (χ0n) is 18.4. The summed E-state index contributed by atoms with van der Waals surface area (Å²) < 4.78 is 11.4. The summed E-state index contributed by atoms with van der Waals surface area (Å²) in [4.78, 5) is 19.8. The average Bonchev–Trinajstić information content (AvgIpc) is 3.26. The van der Waals surface area contributed by atoms with Crippen LogP contribution in [-0.2, 0) is 22.6 Å². The Morgan fingerprint density at radius 2 is 1.94 bits per heavy atom. The number of rotatable bonds is 8. The highest BCUT2D eigenvalue weighted by Crippen LogP contribution is 2.34. The monoisotopic (exact) mass is 443 g/mol. The third-order valence-corrected chi connectivity index (χ3v) is 7.28. The largest absolute Gasteiger partial charge is 0.486 e. The standard InChI is InChI=1S/C24H33N3O3S/c1-19-5-7-21(8-6-19)30-16-23-26-20(17-31-23)15-22(28)25-18-24(9-3-2-4-10-24)27-11-13-29-14-12-27/h5-8,17H,2-4,9-16,18H2,1H3,(H,25,28). The zero-order valence-corrected chi connectivity index (χ0v) is 19.2. The van der Waals surface area contributed by atoms with Crippen molar-refractivity contribution in [3.05, 3.63) is 45.9 Å². The van der Waals surface area contributed by atoms with E-state index in [0.717, 1.165) is 62.1 Å². The van der Waals surface area contributed by atoms with Gasteiger partial charge >= 0.3 is 0 Å². The maximum absolute atomic E-state index is 12.7. The van der Waals surface area contributed by atoms with Crippen LogP contribution in [0.1, 0.15) is 48.4 Å². The van der Waals surface area contributed by atoms with Gasteiger partial charge in [0.05, 0.1) is 25.3 Å². The first-order chi connectivity index (χ1) is 15.1. The minimum atomic E-state index is 0.0505. The van der Waals surface area contributed by atoms with E-state index in [1.165, 1.54) is 24.8 Å². The van der Waals surface area contributed by atoms with Crippen LogP contribution in [0, 0.1) is 6.92 Å². The number of carbonyl (C=O) groups excluding carboxylic acids is 1. The topological polar surface area (TPSA) is 63.7 Å². The molecule has 1 aliphatic heterocycles. The minimum Gasteiger partial charge on any atom is -0.486 e. The Morgan fingerprint density at radius 3 is 2.68 bits per heavy atom. The molecule has 6 nitrogen and oxygen atoms in total. The van der Waals surface area contributed by atoms with Crippen LogP contribution in [-0.4, -0.2) is 54.2 Å². The van der Waals surface area contributed by atoms with Crippen molar-refractivity contribution in [1.82, 2.24) is 15.2 Å². The quantitative estimate of drug-likeness (QED) is 0.674. The molecule has 2 aliphatic rings. The van der Waals surface area contributed by atoms with Crippen molar-refractivity contribution in [2.75, 3.05) is 32.8 Å². The van der Waals surface area contributed by atoms with Crippen LogP contribution in [0.3, 0.4) is 0 Å². The number of morpholine rings is 1. The summed E-state index contributed by atoms with van der Waals surface area (Å²) in [5.74, 6) is 0.885. The molecule has 1 saturated carbocycles. The lowest BCUT2D eigenvalue weighted by molar-refractivity contribution is -0.121. The smallest absolute Gasteiger partial charge is 0.226 e. The minimum absolute atomic E-state index is 0.0505. The Balaban J connectivity index is 1.27. The Bertz CT molecular complexity index is 840. The normalized spacial score (nSPS) is 19.1. The number of carbonyl (C=O) groups is 1. The van der Waals surface area contributed by atoms with E-state index in [9.17, 15) is 4.79 Å². The van der Waals surface area contributed by atoms with Gasteiger partial charge in [0.1, 0.15) is 17.4 Å². The van der Waals surface area contributed by atoms with Gasteiger partial charge in [-0.05, 0) is 31.9 Å². The number of aryl methyl sites for hydroxylation is 1. The summed E-state index contributed by atoms with van der Waals surface area (Å²) in [6, 6.07) is 7.99. The average molecular weight is 444 g/mol. The molecule has 0 atom stereocenters. The molecule has 1 amide bonds. The van der Waals surface area contributed by atoms with Crippen molar-refractivity contribution in [3.8, 4) is 5.75 Å². The molecule has 1 aromatic carbocycles. The molecule has 0 radical (unpaired) electrons. The van der Waals surface area contributed by atoms with Gasteiger partial charge in [0.15, 0.2) is 0 Å². The molecule has 4 rings (SSSR count). The van der Waals surface area contributed by atoms with Crippen molar-refractivity contribution in [2.45, 2.75) is 57.6 Å². The molecule has 2 fully saturated rings. The highest BCUT2D eigenvalue weighted by molar-refractivity contribution is 7.09. The number of hydrogen-bond acceptors (Lipinski definition) is 6. The van der Waals surface area contributed by atoms with Gasteiger partial charge < -0.3 is 14.8 Å². The van der Waals surface area contributed by atoms with Crippen molar-refractivity contribution in [3.63, 3.8) is 0 Å². The molecule has 1 aliphatic carbocycles. The highest BCUT2D eigenvalue weighted by Gasteiger charge is 2.38. The molecule has 1 saturated heterocycles. The van der Waals surface area contributed by atoms with Gasteiger partial charge in [-0.3, -0.25) is 9.69 Å². The SMILES string of the molecule is Cc1ccc(OCc2nc(CC(=O)NCC3(N4CCOCC4)CCCCC3)cs2)cc1. The van der Waals surface area contributed by atoms with E-state index < -0.39 is 0 Å². The van der Waals surface area contributed by atoms with Crippen LogP contribution in [0.5, 0.6) is 5.75 Å². The summed E-state index contributed by atoms with van der Waals surface area (Å²) >= 11 is 1.54. The molecular formula is C24H33N3O3S. The number of thiazole rings is 1. The van der Waals surface area contributed by atoms with Gasteiger partial charge in [-0.25, -0.2) is 4.98 Å². The lowest BCUT2D eigenvalue weighted by atomic mass is 9.79. The first-order valence-electron chi connectivity index (χ1n) is 11.4. The van der Waals surface area contributed by atoms with Crippen LogP contribution >= 0.6 is 11.3 Å². The van der Waals surface area contributed by atoms with Crippen LogP contribution < -0.4 is 10.1 Å². The lowest BCUT2D eigenvalue weighted by Crippen LogP contribution is -2.59. The predicted octanol–water partition coefficient (Wildman–Crippen LogP) is 3.72. The molecule has 0 unspecified atom stereocenters. The van der Waals surface area contributed by atoms with Gasteiger partial charge in [-0.15, -0.1) is 11.3 Å². The predicted molar refractivity (Wildman–Crippen MR) is 123 cm³/mol. The van der Waals surface area contributed by atoms with Crippen LogP contribution in [0.25, 0.3) is 0 Å². The summed E-state index contributed by atoms with van der Waals surface area (Å²) in [5, 5.41) is 6.08. The Hall–Kier alpha value is -1.96. The number of hydrogen-bond donors (Lipinski definition) is 1. The fourth-order valence-electron chi connectivity index (χ4n) is 4.62. The Labute approximate surface area is 189 Å². The van der Waals surface area contributed by atoms with Crippen molar-refractivity contribution in [1.29, 1.82) is 0 Å². The molecular weight excluding hydrogens is 410 g/mol. The van der Waals surface area contributed by atoms with E-state index in [-0.39, 0.29) is 11.4 Å². The van der Waals surface area contributed by atoms with Crippen molar-refractivity contribution >= 4 is 17.2 Å². The van der Waals surface area contributed by atoms with E-state index in [2.05, 4.69) is 22.1 Å². The summed E-state index contributed by atoms with van der Waals surface area (Å²) in [5.41, 5.74) is 2.11. The number of nitrogens with one attached hydrogen (secondary N) is 1. The van der Waals surface area contributed by atoms with E-state index in [4.69, 9.17) is 9.47 Å². The van der Waals surface area contributed by atoms with Gasteiger partial charge in [-0.2, -0.15) is 0 Å². The first kappa shape index (κ1) is 22.2. The first-order valence-corrected chi connectivity index (χ1v) is 12.2. The van der Waals surface area contributed by atoms with E-state index >= 15 is 0 Å². The van der Waals surface area contributed by atoms with E-state index in [0.29, 0.717) is 13.0 Å². The summed E-state index contributed by atoms with van der Waals surface area (Å²) in [7, 11) is 0. The number of aromatic nitrogens is 1. The second-order valence-electron chi connectivity index (χ2n) is 8.67. The molecule has 1 N–H and O–H groups in total. The summed E-state index contributed by atoms with van der Waals surface area (Å²) in [6.45, 7) is 6.72.